The fourth-order valence-corrected chi connectivity index (χ4v) is 2.79. The molecule has 134 valence electrons. The molecule has 0 amide bonds. The number of benzene rings is 2. The summed E-state index contributed by atoms with van der Waals surface area (Å²) >= 11 is 12.1. The van der Waals surface area contributed by atoms with Crippen LogP contribution in [0, 0.1) is 0 Å². The van der Waals surface area contributed by atoms with Crippen LogP contribution in [0.5, 0.6) is 11.5 Å². The van der Waals surface area contributed by atoms with Gasteiger partial charge in [0, 0.05) is 10.6 Å². The zero-order valence-corrected chi connectivity index (χ0v) is 15.6. The number of hydrogen-bond donors (Lipinski definition) is 0. The average molecular weight is 392 g/mol. The number of ether oxygens (including phenoxy) is 3. The molecule has 0 unspecified atom stereocenters. The average Bonchev–Trinajstić information content (AvgIpc) is 2.98. The van der Waals surface area contributed by atoms with Gasteiger partial charge in [-0.3, -0.25) is 0 Å². The standard InChI is InChI=1S/C19H15Cl2NO4/c1-3-25-17-14(21)8-11(10-16(17)24-2)9-15-19(23)26-18(22-15)12-4-6-13(20)7-5-12/h4-10H,3H2,1-2H3. The van der Waals surface area contributed by atoms with Gasteiger partial charge in [-0.15, -0.1) is 0 Å². The predicted octanol–water partition coefficient (Wildman–Crippen LogP) is 4.75. The number of carbonyl (C=O) groups excluding carboxylic acids is 1. The van der Waals surface area contributed by atoms with Crippen LogP contribution >= 0.6 is 23.2 Å². The second-order valence-corrected chi connectivity index (χ2v) is 6.15. The van der Waals surface area contributed by atoms with Gasteiger partial charge in [0.15, 0.2) is 17.2 Å². The van der Waals surface area contributed by atoms with Crippen molar-refractivity contribution in [1.82, 2.24) is 0 Å². The monoisotopic (exact) mass is 391 g/mol. The van der Waals surface area contributed by atoms with E-state index in [0.29, 0.717) is 39.3 Å². The van der Waals surface area contributed by atoms with Crippen molar-refractivity contribution in [3.63, 3.8) is 0 Å². The summed E-state index contributed by atoms with van der Waals surface area (Å²) in [5.41, 5.74) is 1.47. The first-order valence-electron chi connectivity index (χ1n) is 7.80. The summed E-state index contributed by atoms with van der Waals surface area (Å²) in [6.45, 7) is 2.31. The van der Waals surface area contributed by atoms with E-state index in [2.05, 4.69) is 4.99 Å². The topological polar surface area (TPSA) is 57.1 Å². The van der Waals surface area contributed by atoms with E-state index in [-0.39, 0.29) is 11.6 Å². The largest absolute Gasteiger partial charge is 0.493 e. The lowest BCUT2D eigenvalue weighted by Gasteiger charge is -2.11. The molecule has 3 rings (SSSR count). The minimum atomic E-state index is -0.543. The highest BCUT2D eigenvalue weighted by Gasteiger charge is 2.24. The lowest BCUT2D eigenvalue weighted by Crippen LogP contribution is -2.05. The Morgan fingerprint density at radius 3 is 2.58 bits per heavy atom. The van der Waals surface area contributed by atoms with Crippen LogP contribution < -0.4 is 9.47 Å². The number of cyclic esters (lactones) is 1. The van der Waals surface area contributed by atoms with Gasteiger partial charge >= 0.3 is 5.97 Å². The molecule has 0 aromatic heterocycles. The highest BCUT2D eigenvalue weighted by molar-refractivity contribution is 6.32. The molecule has 0 aliphatic carbocycles. The van der Waals surface area contributed by atoms with Crippen LogP contribution in [0.25, 0.3) is 6.08 Å². The van der Waals surface area contributed by atoms with Gasteiger partial charge in [-0.25, -0.2) is 9.79 Å². The van der Waals surface area contributed by atoms with Crippen molar-refractivity contribution in [2.75, 3.05) is 13.7 Å². The van der Waals surface area contributed by atoms with E-state index in [4.69, 9.17) is 37.4 Å². The van der Waals surface area contributed by atoms with Gasteiger partial charge in [-0.2, -0.15) is 0 Å². The van der Waals surface area contributed by atoms with E-state index < -0.39 is 5.97 Å². The molecule has 0 N–H and O–H groups in total. The van der Waals surface area contributed by atoms with E-state index in [0.717, 1.165) is 0 Å². The Morgan fingerprint density at radius 2 is 1.92 bits per heavy atom. The third-order valence-electron chi connectivity index (χ3n) is 3.56. The summed E-state index contributed by atoms with van der Waals surface area (Å²) in [4.78, 5) is 16.4. The molecule has 1 aliphatic heterocycles. The quantitative estimate of drug-likeness (QED) is 0.545. The molecule has 7 heteroatoms. The zero-order valence-electron chi connectivity index (χ0n) is 14.1. The Labute approximate surface area is 160 Å². The van der Waals surface area contributed by atoms with E-state index in [1.54, 1.807) is 42.5 Å². The molecule has 0 fully saturated rings. The Balaban J connectivity index is 1.95. The van der Waals surface area contributed by atoms with Crippen LogP contribution in [-0.2, 0) is 9.53 Å². The summed E-state index contributed by atoms with van der Waals surface area (Å²) in [6, 6.07) is 10.2. The van der Waals surface area contributed by atoms with Crippen molar-refractivity contribution in [1.29, 1.82) is 0 Å². The molecule has 0 radical (unpaired) electrons. The number of nitrogens with zero attached hydrogens (tertiary/aromatic N) is 1. The molecular weight excluding hydrogens is 377 g/mol. The number of carbonyl (C=O) groups is 1. The summed E-state index contributed by atoms with van der Waals surface area (Å²) in [5, 5.41) is 0.969. The Kier molecular flexibility index (Phi) is 5.49. The van der Waals surface area contributed by atoms with Crippen molar-refractivity contribution in [2.45, 2.75) is 6.92 Å². The normalized spacial score (nSPS) is 15.0. The van der Waals surface area contributed by atoms with Gasteiger partial charge in [0.05, 0.1) is 18.7 Å². The van der Waals surface area contributed by atoms with Crippen molar-refractivity contribution in [3.05, 3.63) is 63.3 Å². The van der Waals surface area contributed by atoms with Crippen molar-refractivity contribution in [3.8, 4) is 11.5 Å². The number of methoxy groups -OCH3 is 1. The summed E-state index contributed by atoms with van der Waals surface area (Å²) < 4.78 is 16.0. The maximum atomic E-state index is 12.1. The van der Waals surface area contributed by atoms with Crippen molar-refractivity contribution >= 4 is 41.1 Å². The third kappa shape index (κ3) is 3.84. The van der Waals surface area contributed by atoms with Gasteiger partial charge < -0.3 is 14.2 Å². The van der Waals surface area contributed by atoms with Gasteiger partial charge in [-0.1, -0.05) is 23.2 Å². The van der Waals surface area contributed by atoms with Crippen LogP contribution in [-0.4, -0.2) is 25.6 Å². The zero-order chi connectivity index (χ0) is 18.7. The first-order chi connectivity index (χ1) is 12.5. The number of aliphatic imine (C=N–C) groups is 1. The Bertz CT molecular complexity index is 905. The molecule has 1 aliphatic rings. The molecule has 5 nitrogen and oxygen atoms in total. The summed E-state index contributed by atoms with van der Waals surface area (Å²) in [6.07, 6.45) is 1.58. The maximum absolute atomic E-state index is 12.1. The van der Waals surface area contributed by atoms with Crippen LogP contribution in [0.3, 0.4) is 0 Å². The molecule has 2 aromatic rings. The van der Waals surface area contributed by atoms with E-state index in [9.17, 15) is 4.79 Å². The van der Waals surface area contributed by atoms with Crippen LogP contribution in [0.2, 0.25) is 10.0 Å². The fraction of sp³-hybridized carbons (Fsp3) is 0.158. The molecule has 26 heavy (non-hydrogen) atoms. The van der Waals surface area contributed by atoms with Crippen molar-refractivity contribution in [2.24, 2.45) is 4.99 Å². The van der Waals surface area contributed by atoms with E-state index in [1.807, 2.05) is 6.92 Å². The molecule has 0 atom stereocenters. The maximum Gasteiger partial charge on any atom is 0.363 e. The Morgan fingerprint density at radius 1 is 1.19 bits per heavy atom. The lowest BCUT2D eigenvalue weighted by atomic mass is 10.1. The lowest BCUT2D eigenvalue weighted by molar-refractivity contribution is -0.129. The van der Waals surface area contributed by atoms with E-state index >= 15 is 0 Å². The Hall–Kier alpha value is -2.50. The minimum Gasteiger partial charge on any atom is -0.493 e. The highest BCUT2D eigenvalue weighted by atomic mass is 35.5. The summed E-state index contributed by atoms with van der Waals surface area (Å²) in [5.74, 6) is 0.610. The number of esters is 1. The number of hydrogen-bond acceptors (Lipinski definition) is 5. The van der Waals surface area contributed by atoms with Gasteiger partial charge in [-0.05, 0) is 55.0 Å². The second kappa shape index (κ2) is 7.81. The smallest absolute Gasteiger partial charge is 0.363 e. The third-order valence-corrected chi connectivity index (χ3v) is 4.09. The highest BCUT2D eigenvalue weighted by Crippen LogP contribution is 2.37. The summed E-state index contributed by atoms with van der Waals surface area (Å²) in [7, 11) is 1.52. The fourth-order valence-electron chi connectivity index (χ4n) is 2.39. The van der Waals surface area contributed by atoms with Gasteiger partial charge in [0.25, 0.3) is 0 Å². The molecule has 0 saturated carbocycles. The SMILES string of the molecule is CCOc1c(Cl)cc(C=C2N=C(c3ccc(Cl)cc3)OC2=O)cc1OC. The number of rotatable bonds is 5. The number of halogens is 2. The molecule has 1 heterocycles. The van der Waals surface area contributed by atoms with Crippen LogP contribution in [0.1, 0.15) is 18.1 Å². The van der Waals surface area contributed by atoms with Gasteiger partial charge in [0.1, 0.15) is 0 Å². The molecule has 0 bridgehead atoms. The first kappa shape index (κ1) is 18.3. The minimum absolute atomic E-state index is 0.164. The predicted molar refractivity (Wildman–Crippen MR) is 101 cm³/mol. The van der Waals surface area contributed by atoms with Gasteiger partial charge in [0.2, 0.25) is 5.90 Å². The van der Waals surface area contributed by atoms with E-state index in [1.165, 1.54) is 7.11 Å². The molecule has 0 spiro atoms. The second-order valence-electron chi connectivity index (χ2n) is 5.31. The molecule has 2 aromatic carbocycles. The molecule has 0 saturated heterocycles. The first-order valence-corrected chi connectivity index (χ1v) is 8.56. The molecular formula is C19H15Cl2NO4. The van der Waals surface area contributed by atoms with Crippen LogP contribution in [0.4, 0.5) is 0 Å². The van der Waals surface area contributed by atoms with Crippen LogP contribution in [0.15, 0.2) is 47.1 Å². The van der Waals surface area contributed by atoms with Crippen molar-refractivity contribution < 1.29 is 19.0 Å².